The van der Waals surface area contributed by atoms with Crippen molar-refractivity contribution in [2.75, 3.05) is 44.8 Å². The first-order valence-corrected chi connectivity index (χ1v) is 15.5. The first-order chi connectivity index (χ1) is 21.0. The standard InChI is InChI=1S/C32H41N5O7/c1-30-7-6-25(39)31(2,16-38)23(30)15-24(37-8-10-42-11-9-37)32(17-43-32)22(30)5-4-18-12-19(44-29(18)41)13-21-27-20(33)14-26(40)34-28(27)36(3)35-21/h4-5,12-13,22-25,33,38-39H,6-11,14-17H2,1-3H3,(H,34,40)/b5-4+,19-13+,33-20?/t22?,23?,24?,25-,30-,31+,32?/m1/s1. The lowest BCUT2D eigenvalue weighted by molar-refractivity contribution is -0.186. The number of allylic oxidation sites excluding steroid dienone is 1. The highest BCUT2D eigenvalue weighted by Crippen LogP contribution is 2.66. The van der Waals surface area contributed by atoms with Crippen molar-refractivity contribution in [2.45, 2.75) is 57.3 Å². The molecule has 4 unspecified atom stereocenters. The topological polar surface area (TPSA) is 163 Å². The largest absolute Gasteiger partial charge is 0.423 e. The van der Waals surface area contributed by atoms with Gasteiger partial charge in [-0.25, -0.2) is 4.79 Å². The van der Waals surface area contributed by atoms with E-state index < -0.39 is 23.1 Å². The number of epoxide rings is 1. The molecule has 7 rings (SSSR count). The van der Waals surface area contributed by atoms with Crippen molar-refractivity contribution in [1.82, 2.24) is 14.7 Å². The summed E-state index contributed by atoms with van der Waals surface area (Å²) >= 11 is 0. The lowest BCUT2D eigenvalue weighted by atomic mass is 9.44. The Kier molecular flexibility index (Phi) is 7.02. The van der Waals surface area contributed by atoms with Crippen LogP contribution in [0.5, 0.6) is 0 Å². The van der Waals surface area contributed by atoms with E-state index in [0.717, 1.165) is 25.9 Å². The molecular weight excluding hydrogens is 566 g/mol. The summed E-state index contributed by atoms with van der Waals surface area (Å²) in [5.74, 6) is -0.00871. The van der Waals surface area contributed by atoms with Gasteiger partial charge in [0, 0.05) is 43.6 Å². The van der Waals surface area contributed by atoms with E-state index in [2.05, 4.69) is 28.3 Å². The van der Waals surface area contributed by atoms with E-state index in [1.54, 1.807) is 19.2 Å². The number of fused-ring (bicyclic) bond motifs is 2. The Labute approximate surface area is 256 Å². The van der Waals surface area contributed by atoms with E-state index >= 15 is 0 Å². The van der Waals surface area contributed by atoms with Crippen LogP contribution in [-0.4, -0.2) is 99.7 Å². The van der Waals surface area contributed by atoms with Crippen LogP contribution in [0.4, 0.5) is 5.82 Å². The number of amides is 1. The van der Waals surface area contributed by atoms with Crippen LogP contribution in [0, 0.1) is 28.1 Å². The Morgan fingerprint density at radius 1 is 1.25 bits per heavy atom. The highest BCUT2D eigenvalue weighted by atomic mass is 16.6. The number of nitrogens with one attached hydrogen (secondary N) is 2. The van der Waals surface area contributed by atoms with Crippen LogP contribution in [0.1, 0.15) is 50.8 Å². The van der Waals surface area contributed by atoms with E-state index in [1.165, 1.54) is 4.68 Å². The maximum absolute atomic E-state index is 13.1. The average molecular weight is 608 g/mol. The van der Waals surface area contributed by atoms with Crippen LogP contribution < -0.4 is 5.32 Å². The molecule has 4 fully saturated rings. The average Bonchev–Trinajstić information content (AvgIpc) is 3.60. The highest BCUT2D eigenvalue weighted by molar-refractivity contribution is 6.20. The minimum Gasteiger partial charge on any atom is -0.423 e. The molecule has 2 saturated carbocycles. The lowest BCUT2D eigenvalue weighted by Crippen LogP contribution is -2.67. The fourth-order valence-electron chi connectivity index (χ4n) is 8.88. The molecule has 12 nitrogen and oxygen atoms in total. The van der Waals surface area contributed by atoms with Crippen LogP contribution in [0.25, 0.3) is 6.08 Å². The van der Waals surface area contributed by atoms with Gasteiger partial charge >= 0.3 is 5.97 Å². The molecule has 1 spiro atoms. The van der Waals surface area contributed by atoms with Crippen molar-refractivity contribution in [1.29, 1.82) is 5.41 Å². The Morgan fingerprint density at radius 3 is 2.70 bits per heavy atom. The summed E-state index contributed by atoms with van der Waals surface area (Å²) in [4.78, 5) is 27.5. The number of hydrogen-bond acceptors (Lipinski definition) is 10. The lowest BCUT2D eigenvalue weighted by Gasteiger charge is -2.63. The van der Waals surface area contributed by atoms with Gasteiger partial charge in [-0.1, -0.05) is 26.0 Å². The fraction of sp³-hybridized carbons (Fsp3) is 0.625. The number of hydrogen-bond donors (Lipinski definition) is 4. The number of aliphatic hydroxyl groups excluding tert-OH is 2. The Bertz CT molecular complexity index is 1500. The molecule has 4 N–H and O–H groups in total. The summed E-state index contributed by atoms with van der Waals surface area (Å²) in [6.45, 7) is 7.72. The molecule has 2 aliphatic carbocycles. The maximum Gasteiger partial charge on any atom is 0.343 e. The quantitative estimate of drug-likeness (QED) is 0.289. The number of cyclic esters (lactones) is 1. The van der Waals surface area contributed by atoms with Gasteiger partial charge in [0.15, 0.2) is 0 Å². The molecular formula is C32H41N5O7. The van der Waals surface area contributed by atoms with Gasteiger partial charge in [-0.15, -0.1) is 0 Å². The zero-order valence-electron chi connectivity index (χ0n) is 25.5. The van der Waals surface area contributed by atoms with Gasteiger partial charge in [0.2, 0.25) is 5.91 Å². The van der Waals surface area contributed by atoms with E-state index in [1.807, 2.05) is 13.0 Å². The van der Waals surface area contributed by atoms with E-state index in [-0.39, 0.29) is 47.9 Å². The molecule has 1 aromatic heterocycles. The second-order valence-electron chi connectivity index (χ2n) is 13.7. The predicted octanol–water partition coefficient (Wildman–Crippen LogP) is 1.78. The number of esters is 1. The zero-order valence-corrected chi connectivity index (χ0v) is 25.5. The number of ether oxygens (including phenoxy) is 3. The molecule has 1 amide bonds. The molecule has 4 aliphatic heterocycles. The second-order valence-corrected chi connectivity index (χ2v) is 13.7. The first kappa shape index (κ1) is 29.5. The number of anilines is 1. The van der Waals surface area contributed by atoms with Crippen molar-refractivity contribution >= 4 is 29.5 Å². The summed E-state index contributed by atoms with van der Waals surface area (Å²) < 4.78 is 19.2. The highest BCUT2D eigenvalue weighted by Gasteiger charge is 2.71. The van der Waals surface area contributed by atoms with Crippen LogP contribution >= 0.6 is 0 Å². The van der Waals surface area contributed by atoms with Crippen LogP contribution in [0.3, 0.4) is 0 Å². The summed E-state index contributed by atoms with van der Waals surface area (Å²) in [5.41, 5.74) is 0.175. The number of aryl methyl sites for hydroxylation is 1. The monoisotopic (exact) mass is 607 g/mol. The molecule has 44 heavy (non-hydrogen) atoms. The number of carbonyl (C=O) groups is 2. The summed E-state index contributed by atoms with van der Waals surface area (Å²) in [6, 6.07) is 0.0985. The Hall–Kier alpha value is -3.16. The molecule has 0 aromatic carbocycles. The normalized spacial score (nSPS) is 39.8. The van der Waals surface area contributed by atoms with Gasteiger partial charge in [0.05, 0.1) is 55.8 Å². The molecule has 236 valence electrons. The van der Waals surface area contributed by atoms with E-state index in [9.17, 15) is 19.8 Å². The van der Waals surface area contributed by atoms with Crippen molar-refractivity contribution in [3.05, 3.63) is 40.8 Å². The van der Waals surface area contributed by atoms with Gasteiger partial charge in [-0.05, 0) is 36.7 Å². The smallest absolute Gasteiger partial charge is 0.343 e. The maximum atomic E-state index is 13.1. The fourth-order valence-corrected chi connectivity index (χ4v) is 8.88. The summed E-state index contributed by atoms with van der Waals surface area (Å²) in [6.07, 6.45) is 8.79. The third-order valence-electron chi connectivity index (χ3n) is 11.3. The third kappa shape index (κ3) is 4.45. The summed E-state index contributed by atoms with van der Waals surface area (Å²) in [7, 11) is 1.69. The number of aliphatic hydroxyl groups is 2. The molecule has 5 heterocycles. The third-order valence-corrected chi connectivity index (χ3v) is 11.3. The number of nitrogens with zero attached hydrogens (tertiary/aromatic N) is 3. The molecule has 0 bridgehead atoms. The zero-order chi connectivity index (χ0) is 31.0. The van der Waals surface area contributed by atoms with Crippen molar-refractivity contribution in [2.24, 2.45) is 29.7 Å². The molecule has 12 heteroatoms. The number of carbonyl (C=O) groups excluding carboxylic acids is 2. The molecule has 2 saturated heterocycles. The number of aromatic nitrogens is 2. The molecule has 7 atom stereocenters. The van der Waals surface area contributed by atoms with Gasteiger partial charge in [-0.2, -0.15) is 5.10 Å². The van der Waals surface area contributed by atoms with Crippen LogP contribution in [-0.2, 0) is 30.8 Å². The van der Waals surface area contributed by atoms with Gasteiger partial charge in [-0.3, -0.25) is 14.4 Å². The SMILES string of the molecule is Cn1nc(/C=C2C=C(/C=C/C3C4(CO4)C(N4CCOCC4)CC4[C@]3(C)CC[C@@H](O)[C@@]4(C)CO)C(=O)O\2)c2c1NC(=O)CC2=N. The van der Waals surface area contributed by atoms with Crippen LogP contribution in [0.15, 0.2) is 29.6 Å². The van der Waals surface area contributed by atoms with Crippen LogP contribution in [0.2, 0.25) is 0 Å². The van der Waals surface area contributed by atoms with Gasteiger partial charge < -0.3 is 35.1 Å². The van der Waals surface area contributed by atoms with Crippen molar-refractivity contribution < 1.29 is 34.0 Å². The first-order valence-electron chi connectivity index (χ1n) is 15.5. The number of rotatable bonds is 5. The van der Waals surface area contributed by atoms with Crippen molar-refractivity contribution in [3.8, 4) is 0 Å². The minimum atomic E-state index is -0.656. The van der Waals surface area contributed by atoms with Gasteiger partial charge in [0.25, 0.3) is 0 Å². The van der Waals surface area contributed by atoms with E-state index in [4.69, 9.17) is 19.6 Å². The van der Waals surface area contributed by atoms with E-state index in [0.29, 0.717) is 54.6 Å². The Balaban J connectivity index is 1.23. The molecule has 1 aromatic rings. The molecule has 0 radical (unpaired) electrons. The second kappa shape index (κ2) is 10.4. The van der Waals surface area contributed by atoms with Crippen molar-refractivity contribution in [3.63, 3.8) is 0 Å². The Morgan fingerprint density at radius 2 is 2.00 bits per heavy atom. The number of morpholine rings is 1. The summed E-state index contributed by atoms with van der Waals surface area (Å²) in [5, 5.41) is 37.3. The molecule has 6 aliphatic rings. The van der Waals surface area contributed by atoms with Gasteiger partial charge in [0.1, 0.15) is 22.9 Å². The minimum absolute atomic E-state index is 0.0344. The predicted molar refractivity (Wildman–Crippen MR) is 160 cm³/mol.